The molecule has 0 saturated carbocycles. The van der Waals surface area contributed by atoms with Gasteiger partial charge in [-0.2, -0.15) is 0 Å². The maximum atomic E-state index is 11.8. The first-order chi connectivity index (χ1) is 15.0. The minimum absolute atomic E-state index is 0.126. The number of hydroxylamine groups is 1. The van der Waals surface area contributed by atoms with E-state index in [2.05, 4.69) is 9.97 Å². The molecule has 0 radical (unpaired) electrons. The van der Waals surface area contributed by atoms with Crippen LogP contribution >= 0.6 is 23.2 Å². The Balaban J connectivity index is 1.55. The van der Waals surface area contributed by atoms with E-state index in [4.69, 9.17) is 37.9 Å². The van der Waals surface area contributed by atoms with Gasteiger partial charge in [-0.15, -0.1) is 0 Å². The van der Waals surface area contributed by atoms with Gasteiger partial charge in [-0.25, -0.2) is 10.5 Å². The molecule has 0 spiro atoms. The van der Waals surface area contributed by atoms with E-state index < -0.39 is 5.91 Å². The molecule has 0 aliphatic heterocycles. The van der Waals surface area contributed by atoms with Gasteiger partial charge in [0.25, 0.3) is 5.91 Å². The number of nitrogens with zero attached hydrogens (tertiary/aromatic N) is 1. The van der Waals surface area contributed by atoms with E-state index in [1.54, 1.807) is 29.7 Å². The highest BCUT2D eigenvalue weighted by atomic mass is 35.5. The SMILES string of the molecule is O=C(NO)c1ccc(OCc2nc3ccccc3[nH]2)c(OCc2ccc(Cl)cc2Cl)c1. The topological polar surface area (TPSA) is 96.5 Å². The number of carbonyl (C=O) groups excluding carboxylic acids is 1. The van der Waals surface area contributed by atoms with Crippen LogP contribution in [0.1, 0.15) is 21.7 Å². The maximum Gasteiger partial charge on any atom is 0.274 e. The van der Waals surface area contributed by atoms with E-state index in [1.807, 2.05) is 24.3 Å². The Morgan fingerprint density at radius 2 is 1.81 bits per heavy atom. The lowest BCUT2D eigenvalue weighted by molar-refractivity contribution is 0.0705. The number of imidazole rings is 1. The van der Waals surface area contributed by atoms with Crippen molar-refractivity contribution in [3.05, 3.63) is 87.7 Å². The fourth-order valence-electron chi connectivity index (χ4n) is 2.96. The highest BCUT2D eigenvalue weighted by molar-refractivity contribution is 6.35. The van der Waals surface area contributed by atoms with Gasteiger partial charge in [0, 0.05) is 21.2 Å². The van der Waals surface area contributed by atoms with E-state index >= 15 is 0 Å². The third-order valence-electron chi connectivity index (χ3n) is 4.51. The van der Waals surface area contributed by atoms with Crippen LogP contribution in [0.5, 0.6) is 11.5 Å². The minimum Gasteiger partial charge on any atom is -0.485 e. The molecule has 31 heavy (non-hydrogen) atoms. The van der Waals surface area contributed by atoms with Gasteiger partial charge >= 0.3 is 0 Å². The van der Waals surface area contributed by atoms with E-state index in [1.165, 1.54) is 12.1 Å². The van der Waals surface area contributed by atoms with Crippen molar-refractivity contribution in [2.24, 2.45) is 0 Å². The predicted octanol–water partition coefficient (Wildman–Crippen LogP) is 5.15. The molecule has 7 nitrogen and oxygen atoms in total. The quantitative estimate of drug-likeness (QED) is 0.263. The van der Waals surface area contributed by atoms with Crippen molar-refractivity contribution in [1.82, 2.24) is 15.4 Å². The molecule has 3 aromatic carbocycles. The first-order valence-electron chi connectivity index (χ1n) is 9.25. The van der Waals surface area contributed by atoms with Crippen LogP contribution in [0.25, 0.3) is 11.0 Å². The van der Waals surface area contributed by atoms with Crippen molar-refractivity contribution in [3.63, 3.8) is 0 Å². The number of nitrogens with one attached hydrogen (secondary N) is 2. The van der Waals surface area contributed by atoms with Crippen molar-refractivity contribution < 1.29 is 19.5 Å². The van der Waals surface area contributed by atoms with Gasteiger partial charge in [-0.1, -0.05) is 41.4 Å². The minimum atomic E-state index is -0.668. The number of amides is 1. The molecule has 158 valence electrons. The Labute approximate surface area is 187 Å². The molecule has 0 aliphatic rings. The van der Waals surface area contributed by atoms with Crippen molar-refractivity contribution in [2.75, 3.05) is 0 Å². The van der Waals surface area contributed by atoms with Gasteiger partial charge in [0.15, 0.2) is 11.5 Å². The molecule has 0 bridgehead atoms. The van der Waals surface area contributed by atoms with Crippen molar-refractivity contribution >= 4 is 40.1 Å². The number of ether oxygens (including phenoxy) is 2. The van der Waals surface area contributed by atoms with Crippen LogP contribution in [0.2, 0.25) is 10.0 Å². The van der Waals surface area contributed by atoms with E-state index in [-0.39, 0.29) is 18.8 Å². The first-order valence-corrected chi connectivity index (χ1v) is 10.0. The Morgan fingerprint density at radius 3 is 2.58 bits per heavy atom. The summed E-state index contributed by atoms with van der Waals surface area (Å²) in [6.07, 6.45) is 0. The molecular weight excluding hydrogens is 441 g/mol. The fourth-order valence-corrected chi connectivity index (χ4v) is 3.42. The van der Waals surface area contributed by atoms with E-state index in [0.717, 1.165) is 11.0 Å². The maximum absolute atomic E-state index is 11.8. The van der Waals surface area contributed by atoms with Crippen LogP contribution in [-0.2, 0) is 13.2 Å². The lowest BCUT2D eigenvalue weighted by Crippen LogP contribution is -2.18. The molecule has 1 aromatic heterocycles. The van der Waals surface area contributed by atoms with E-state index in [9.17, 15) is 4.79 Å². The lowest BCUT2D eigenvalue weighted by Gasteiger charge is -2.14. The zero-order chi connectivity index (χ0) is 21.8. The second kappa shape index (κ2) is 9.26. The molecule has 1 heterocycles. The number of H-pyrrole nitrogens is 1. The molecule has 4 aromatic rings. The molecule has 0 fully saturated rings. The van der Waals surface area contributed by atoms with Gasteiger partial charge in [-0.3, -0.25) is 10.0 Å². The summed E-state index contributed by atoms with van der Waals surface area (Å²) in [5.74, 6) is 0.687. The average molecular weight is 458 g/mol. The van der Waals surface area contributed by atoms with Crippen LogP contribution in [-0.4, -0.2) is 21.1 Å². The Bertz CT molecular complexity index is 1210. The van der Waals surface area contributed by atoms with Gasteiger partial charge < -0.3 is 14.5 Å². The number of hydrogen-bond donors (Lipinski definition) is 3. The molecule has 1 amide bonds. The van der Waals surface area contributed by atoms with E-state index in [0.29, 0.717) is 32.9 Å². The van der Waals surface area contributed by atoms with Gasteiger partial charge in [-0.05, 0) is 42.5 Å². The monoisotopic (exact) mass is 457 g/mol. The number of para-hydroxylation sites is 2. The Hall–Kier alpha value is -3.26. The van der Waals surface area contributed by atoms with Crippen LogP contribution in [0.3, 0.4) is 0 Å². The van der Waals surface area contributed by atoms with Crippen LogP contribution in [0.4, 0.5) is 0 Å². The average Bonchev–Trinajstić information content (AvgIpc) is 3.20. The highest BCUT2D eigenvalue weighted by Crippen LogP contribution is 2.31. The lowest BCUT2D eigenvalue weighted by atomic mass is 10.2. The molecular formula is C22H17Cl2N3O4. The van der Waals surface area contributed by atoms with Crippen molar-refractivity contribution in [3.8, 4) is 11.5 Å². The Kier molecular flexibility index (Phi) is 6.27. The summed E-state index contributed by atoms with van der Waals surface area (Å²) < 4.78 is 11.8. The van der Waals surface area contributed by atoms with Crippen LogP contribution in [0, 0.1) is 0 Å². The number of rotatable bonds is 7. The third kappa shape index (κ3) is 4.91. The summed E-state index contributed by atoms with van der Waals surface area (Å²) in [5.41, 5.74) is 4.27. The predicted molar refractivity (Wildman–Crippen MR) is 117 cm³/mol. The summed E-state index contributed by atoms with van der Waals surface area (Å²) in [6.45, 7) is 0.291. The van der Waals surface area contributed by atoms with Gasteiger partial charge in [0.05, 0.1) is 11.0 Å². The highest BCUT2D eigenvalue weighted by Gasteiger charge is 2.14. The molecule has 9 heteroatoms. The number of fused-ring (bicyclic) bond motifs is 1. The van der Waals surface area contributed by atoms with Crippen LogP contribution in [0.15, 0.2) is 60.7 Å². The molecule has 3 N–H and O–H groups in total. The normalized spacial score (nSPS) is 10.8. The first kappa shape index (κ1) is 21.0. The third-order valence-corrected chi connectivity index (χ3v) is 5.10. The standard InChI is InChI=1S/C22H17Cl2N3O4/c23-15-7-5-14(16(24)10-15)11-30-20-9-13(22(28)27-29)6-8-19(20)31-12-21-25-17-3-1-2-4-18(17)26-21/h1-10,29H,11-12H2,(H,25,26)(H,27,28). The Morgan fingerprint density at radius 1 is 1.00 bits per heavy atom. The number of aromatic amines is 1. The number of aromatic nitrogens is 2. The summed E-state index contributed by atoms with van der Waals surface area (Å²) in [7, 11) is 0. The summed E-state index contributed by atoms with van der Waals surface area (Å²) >= 11 is 12.2. The molecule has 0 unspecified atom stereocenters. The summed E-state index contributed by atoms with van der Waals surface area (Å²) in [5, 5.41) is 9.90. The summed E-state index contributed by atoms with van der Waals surface area (Å²) in [6, 6.07) is 17.3. The molecule has 0 atom stereocenters. The summed E-state index contributed by atoms with van der Waals surface area (Å²) in [4.78, 5) is 19.5. The largest absolute Gasteiger partial charge is 0.485 e. The number of halogens is 2. The fraction of sp³-hybridized carbons (Fsp3) is 0.0909. The molecule has 0 saturated heterocycles. The smallest absolute Gasteiger partial charge is 0.274 e. The number of carbonyl (C=O) groups is 1. The number of hydrogen-bond acceptors (Lipinski definition) is 5. The van der Waals surface area contributed by atoms with Crippen molar-refractivity contribution in [1.29, 1.82) is 0 Å². The molecule has 0 aliphatic carbocycles. The van der Waals surface area contributed by atoms with Gasteiger partial charge in [0.1, 0.15) is 19.0 Å². The second-order valence-corrected chi connectivity index (χ2v) is 7.46. The van der Waals surface area contributed by atoms with Crippen molar-refractivity contribution in [2.45, 2.75) is 13.2 Å². The second-order valence-electron chi connectivity index (χ2n) is 6.62. The van der Waals surface area contributed by atoms with Crippen LogP contribution < -0.4 is 15.0 Å². The molecule has 4 rings (SSSR count). The van der Waals surface area contributed by atoms with Gasteiger partial charge in [0.2, 0.25) is 0 Å². The zero-order valence-electron chi connectivity index (χ0n) is 16.1. The number of benzene rings is 3. The zero-order valence-corrected chi connectivity index (χ0v) is 17.6.